The minimum absolute atomic E-state index is 0.914. The van der Waals surface area contributed by atoms with Crippen LogP contribution in [0.25, 0.3) is 0 Å². The minimum atomic E-state index is -0.914. The molecule has 0 aliphatic carbocycles. The summed E-state index contributed by atoms with van der Waals surface area (Å²) in [5.74, 6) is 0. The van der Waals surface area contributed by atoms with Crippen LogP contribution in [0.3, 0.4) is 0 Å². The maximum absolute atomic E-state index is 5.48. The molecule has 2 heteroatoms. The van der Waals surface area contributed by atoms with E-state index in [1.54, 1.807) is 0 Å². The van der Waals surface area contributed by atoms with Crippen LogP contribution in [0.15, 0.2) is 12.3 Å². The van der Waals surface area contributed by atoms with Gasteiger partial charge in [-0.3, -0.25) is 0 Å². The van der Waals surface area contributed by atoms with Gasteiger partial charge in [0.15, 0.2) is 8.11 Å². The van der Waals surface area contributed by atoms with Crippen molar-refractivity contribution in [2.45, 2.75) is 6.55 Å². The zero-order chi connectivity index (χ0) is 4.28. The third-order valence-electron chi connectivity index (χ3n) is 0.325. The van der Waals surface area contributed by atoms with Crippen molar-refractivity contribution in [2.75, 3.05) is 0 Å². The summed E-state index contributed by atoms with van der Waals surface area (Å²) >= 11 is 5.48. The molecule has 0 spiro atoms. The van der Waals surface area contributed by atoms with Crippen molar-refractivity contribution < 1.29 is 0 Å². The zero-order valence-electron chi connectivity index (χ0n) is 3.24. The lowest BCUT2D eigenvalue weighted by molar-refractivity contribution is 2.23. The van der Waals surface area contributed by atoms with Gasteiger partial charge in [0.2, 0.25) is 0 Å². The molecule has 0 aromatic rings. The number of rotatable bonds is 1. The van der Waals surface area contributed by atoms with E-state index in [9.17, 15) is 0 Å². The van der Waals surface area contributed by atoms with E-state index in [2.05, 4.69) is 6.58 Å². The van der Waals surface area contributed by atoms with E-state index in [0.29, 0.717) is 0 Å². The average molecular weight is 107 g/mol. The van der Waals surface area contributed by atoms with Gasteiger partial charge in [0.1, 0.15) is 0 Å². The molecule has 1 atom stereocenters. The molecular weight excluding hydrogens is 99.6 g/mol. The zero-order valence-corrected chi connectivity index (χ0v) is 5.15. The summed E-state index contributed by atoms with van der Waals surface area (Å²) in [6.07, 6.45) is 0. The highest BCUT2D eigenvalue weighted by atomic mass is 35.6. The lowest BCUT2D eigenvalue weighted by Gasteiger charge is -1.77. The van der Waals surface area contributed by atoms with Crippen molar-refractivity contribution in [1.82, 2.24) is 0 Å². The van der Waals surface area contributed by atoms with Gasteiger partial charge in [-0.15, -0.1) is 6.58 Å². The summed E-state index contributed by atoms with van der Waals surface area (Å²) in [5.41, 5.74) is 1.82. The number of halogens is 1. The van der Waals surface area contributed by atoms with Gasteiger partial charge in [-0.2, -0.15) is 11.1 Å². The Balaban J connectivity index is 2.83. The second-order valence-corrected chi connectivity index (χ2v) is 4.80. The second-order valence-electron chi connectivity index (χ2n) is 0.913. The third-order valence-corrected chi connectivity index (χ3v) is 1.51. The van der Waals surface area contributed by atoms with Gasteiger partial charge < -0.3 is 0 Å². The van der Waals surface area contributed by atoms with Crippen LogP contribution in [0.2, 0.25) is 6.55 Å². The van der Waals surface area contributed by atoms with Crippen LogP contribution in [0.1, 0.15) is 0 Å². The van der Waals surface area contributed by atoms with Crippen molar-refractivity contribution in [3.8, 4) is 0 Å². The van der Waals surface area contributed by atoms with E-state index in [-0.39, 0.29) is 0 Å². The highest BCUT2D eigenvalue weighted by Gasteiger charge is 1.81. The predicted molar refractivity (Wildman–Crippen MR) is 29.1 cm³/mol. The highest BCUT2D eigenvalue weighted by molar-refractivity contribution is 7.09. The van der Waals surface area contributed by atoms with Crippen molar-refractivity contribution in [1.29, 1.82) is 0 Å². The van der Waals surface area contributed by atoms with Crippen LogP contribution in [0.5, 0.6) is 0 Å². The molecule has 0 amide bonds. The molecule has 1 unspecified atom stereocenters. The molecule has 0 fully saturated rings. The largest absolute Gasteiger partial charge is 0.166 e. The molecule has 0 aromatic carbocycles. The smallest absolute Gasteiger partial charge is 0.160 e. The van der Waals surface area contributed by atoms with E-state index in [4.69, 9.17) is 11.1 Å². The Labute approximate surface area is 38.8 Å². The molecule has 0 aliphatic rings. The summed E-state index contributed by atoms with van der Waals surface area (Å²) in [6, 6.07) is 0. The van der Waals surface area contributed by atoms with E-state index in [1.165, 1.54) is 0 Å². The van der Waals surface area contributed by atoms with Crippen molar-refractivity contribution >= 4 is 19.2 Å². The van der Waals surface area contributed by atoms with Crippen molar-refractivity contribution in [3.63, 3.8) is 0 Å². The quantitative estimate of drug-likeness (QED) is 0.349. The first-order valence-electron chi connectivity index (χ1n) is 1.54. The van der Waals surface area contributed by atoms with E-state index in [0.717, 1.165) is 0 Å². The maximum atomic E-state index is 5.48. The Morgan fingerprint density at radius 2 is 2.20 bits per heavy atom. The van der Waals surface area contributed by atoms with E-state index >= 15 is 0 Å². The second kappa shape index (κ2) is 2.48. The summed E-state index contributed by atoms with van der Waals surface area (Å²) in [5, 5.41) is 0. The average Bonchev–Trinajstić information content (AvgIpc) is 1.38. The molecule has 5 heavy (non-hydrogen) atoms. The van der Waals surface area contributed by atoms with Crippen molar-refractivity contribution in [3.05, 3.63) is 12.3 Å². The Morgan fingerprint density at radius 1 is 2.00 bits per heavy atom. The van der Waals surface area contributed by atoms with Gasteiger partial charge in [-0.05, 0) is 0 Å². The molecule has 0 N–H and O–H groups in total. The molecule has 0 heterocycles. The van der Waals surface area contributed by atoms with Gasteiger partial charge in [0, 0.05) is 0 Å². The molecule has 0 rings (SSSR count). The Hall–Kier alpha value is 0.247. The molecule has 30 valence electrons. The summed E-state index contributed by atoms with van der Waals surface area (Å²) in [4.78, 5) is 0. The third kappa shape index (κ3) is 4.25. The lowest BCUT2D eigenvalue weighted by Crippen LogP contribution is -1.84. The molecule has 0 radical (unpaired) electrons. The van der Waals surface area contributed by atoms with Crippen LogP contribution in [-0.4, -0.2) is 8.11 Å². The SMILES string of the molecule is C=C[SiH](C)Cl. The Morgan fingerprint density at radius 3 is 2.20 bits per heavy atom. The number of hydrogen-bond donors (Lipinski definition) is 0. The fourth-order valence-electron chi connectivity index (χ4n) is 0. The Kier molecular flexibility index (Phi) is 2.60. The lowest BCUT2D eigenvalue weighted by atomic mass is 11.3. The molecule has 0 aliphatic heterocycles. The summed E-state index contributed by atoms with van der Waals surface area (Å²) in [7, 11) is -0.914. The molecule has 0 bridgehead atoms. The molecule has 0 saturated heterocycles. The fourth-order valence-corrected chi connectivity index (χ4v) is 0. The highest BCUT2D eigenvalue weighted by Crippen LogP contribution is 1.84. The van der Waals surface area contributed by atoms with Gasteiger partial charge >= 0.3 is 0 Å². The molecule has 0 aromatic heterocycles. The first kappa shape index (κ1) is 5.25. The molecule has 0 nitrogen and oxygen atoms in total. The minimum Gasteiger partial charge on any atom is -0.166 e. The Bertz CT molecular complexity index is 33.9. The van der Waals surface area contributed by atoms with Crippen molar-refractivity contribution in [2.24, 2.45) is 0 Å². The van der Waals surface area contributed by atoms with E-state index in [1.807, 2.05) is 12.2 Å². The van der Waals surface area contributed by atoms with E-state index < -0.39 is 8.11 Å². The standard InChI is InChI=1S/C3H7ClSi/c1-3-5(2)4/h3,5H,1H2,2H3. The van der Waals surface area contributed by atoms with Crippen LogP contribution in [0.4, 0.5) is 0 Å². The van der Waals surface area contributed by atoms with Gasteiger partial charge in [0.25, 0.3) is 0 Å². The van der Waals surface area contributed by atoms with Gasteiger partial charge in [0.05, 0.1) is 0 Å². The van der Waals surface area contributed by atoms with Crippen LogP contribution >= 0.6 is 11.1 Å². The van der Waals surface area contributed by atoms with Crippen LogP contribution in [-0.2, 0) is 0 Å². The normalized spacial score (nSPS) is 14.0. The predicted octanol–water partition coefficient (Wildman–Crippen LogP) is 1.30. The first-order chi connectivity index (χ1) is 2.27. The van der Waals surface area contributed by atoms with Gasteiger partial charge in [-0.25, -0.2) is 0 Å². The van der Waals surface area contributed by atoms with Crippen LogP contribution < -0.4 is 0 Å². The first-order valence-corrected chi connectivity index (χ1v) is 5.10. The monoisotopic (exact) mass is 106 g/mol. The summed E-state index contributed by atoms with van der Waals surface area (Å²) in [6.45, 7) is 5.50. The van der Waals surface area contributed by atoms with Gasteiger partial charge in [-0.1, -0.05) is 12.2 Å². The summed E-state index contributed by atoms with van der Waals surface area (Å²) < 4.78 is 0. The number of hydrogen-bond acceptors (Lipinski definition) is 0. The maximum Gasteiger partial charge on any atom is 0.160 e. The molecule has 0 saturated carbocycles. The fraction of sp³-hybridized carbons (Fsp3) is 0.333. The molecular formula is C3H7ClSi. The van der Waals surface area contributed by atoms with Crippen LogP contribution in [0, 0.1) is 0 Å². The topological polar surface area (TPSA) is 0 Å².